The van der Waals surface area contributed by atoms with Crippen LogP contribution in [0, 0.1) is 11.3 Å². The third kappa shape index (κ3) is 6.22. The van der Waals surface area contributed by atoms with Crippen molar-refractivity contribution in [1.82, 2.24) is 9.97 Å². The van der Waals surface area contributed by atoms with Crippen LogP contribution in [0.1, 0.15) is 16.7 Å². The molecule has 8 nitrogen and oxygen atoms in total. The smallest absolute Gasteiger partial charge is 0.270 e. The van der Waals surface area contributed by atoms with E-state index >= 15 is 0 Å². The number of rotatable bonds is 8. The first-order chi connectivity index (χ1) is 17.9. The van der Waals surface area contributed by atoms with Crippen molar-refractivity contribution >= 4 is 47.0 Å². The molecule has 11 heteroatoms. The van der Waals surface area contributed by atoms with Gasteiger partial charge >= 0.3 is 0 Å². The SMILES string of the molecule is COc1cc(C=NNc2nc(-c3ccccc3)c(C#N)c(=O)[nH]2)c(Cl)cc1OCc1ccc(Cl)cc1Cl. The van der Waals surface area contributed by atoms with Gasteiger partial charge in [-0.05, 0) is 18.2 Å². The predicted molar refractivity (Wildman–Crippen MR) is 145 cm³/mol. The van der Waals surface area contributed by atoms with Gasteiger partial charge in [-0.3, -0.25) is 9.78 Å². The summed E-state index contributed by atoms with van der Waals surface area (Å²) in [5.41, 5.74) is 4.12. The molecule has 37 heavy (non-hydrogen) atoms. The molecule has 1 aromatic heterocycles. The molecular formula is C26H18Cl3N5O3. The monoisotopic (exact) mass is 553 g/mol. The van der Waals surface area contributed by atoms with E-state index in [1.165, 1.54) is 13.3 Å². The number of aromatic nitrogens is 2. The quantitative estimate of drug-likeness (QED) is 0.195. The molecule has 4 rings (SSSR count). The molecule has 0 aliphatic carbocycles. The van der Waals surface area contributed by atoms with E-state index in [0.29, 0.717) is 37.7 Å². The van der Waals surface area contributed by atoms with Crippen LogP contribution >= 0.6 is 34.8 Å². The number of methoxy groups -OCH3 is 1. The molecule has 0 fully saturated rings. The van der Waals surface area contributed by atoms with Crippen LogP contribution in [0.15, 0.2) is 70.6 Å². The zero-order chi connectivity index (χ0) is 26.4. The number of nitrogens with one attached hydrogen (secondary N) is 2. The summed E-state index contributed by atoms with van der Waals surface area (Å²) in [6.07, 6.45) is 1.44. The van der Waals surface area contributed by atoms with Gasteiger partial charge in [0.1, 0.15) is 18.2 Å². The second-order valence-electron chi connectivity index (χ2n) is 7.53. The van der Waals surface area contributed by atoms with Crippen molar-refractivity contribution < 1.29 is 9.47 Å². The topological polar surface area (TPSA) is 112 Å². The molecule has 0 unspecified atom stereocenters. The van der Waals surface area contributed by atoms with Gasteiger partial charge in [-0.2, -0.15) is 10.4 Å². The highest BCUT2D eigenvalue weighted by atomic mass is 35.5. The number of hydrogen-bond acceptors (Lipinski definition) is 7. The molecule has 0 amide bonds. The van der Waals surface area contributed by atoms with Crippen molar-refractivity contribution in [1.29, 1.82) is 5.26 Å². The number of halogens is 3. The first-order valence-electron chi connectivity index (χ1n) is 10.7. The Morgan fingerprint density at radius 2 is 1.86 bits per heavy atom. The molecule has 0 radical (unpaired) electrons. The summed E-state index contributed by atoms with van der Waals surface area (Å²) < 4.78 is 11.3. The number of anilines is 1. The van der Waals surface area contributed by atoms with Gasteiger partial charge in [0.2, 0.25) is 5.95 Å². The number of H-pyrrole nitrogens is 1. The third-order valence-electron chi connectivity index (χ3n) is 5.13. The van der Waals surface area contributed by atoms with Crippen molar-refractivity contribution in [3.63, 3.8) is 0 Å². The maximum absolute atomic E-state index is 12.4. The highest BCUT2D eigenvalue weighted by Crippen LogP contribution is 2.34. The van der Waals surface area contributed by atoms with E-state index in [9.17, 15) is 10.1 Å². The Morgan fingerprint density at radius 3 is 2.57 bits per heavy atom. The highest BCUT2D eigenvalue weighted by molar-refractivity contribution is 6.35. The van der Waals surface area contributed by atoms with E-state index in [2.05, 4.69) is 20.5 Å². The molecule has 0 aliphatic rings. The third-order valence-corrected chi connectivity index (χ3v) is 6.05. The first kappa shape index (κ1) is 26.0. The van der Waals surface area contributed by atoms with E-state index in [0.717, 1.165) is 5.56 Å². The van der Waals surface area contributed by atoms with Gasteiger partial charge in [0.05, 0.1) is 24.0 Å². The Kier molecular flexibility index (Phi) is 8.31. The molecule has 0 saturated heterocycles. The number of aromatic amines is 1. The summed E-state index contributed by atoms with van der Waals surface area (Å²) in [6, 6.07) is 19.2. The average molecular weight is 555 g/mol. The Morgan fingerprint density at radius 1 is 1.08 bits per heavy atom. The van der Waals surface area contributed by atoms with Crippen molar-refractivity contribution in [2.24, 2.45) is 5.10 Å². The maximum Gasteiger partial charge on any atom is 0.270 e. The van der Waals surface area contributed by atoms with Crippen LogP contribution in [0.4, 0.5) is 5.95 Å². The van der Waals surface area contributed by atoms with E-state index in [1.807, 2.05) is 12.1 Å². The molecule has 0 aliphatic heterocycles. The molecule has 3 aromatic carbocycles. The zero-order valence-corrected chi connectivity index (χ0v) is 21.5. The van der Waals surface area contributed by atoms with E-state index in [1.54, 1.807) is 54.6 Å². The largest absolute Gasteiger partial charge is 0.493 e. The lowest BCUT2D eigenvalue weighted by Crippen LogP contribution is -2.16. The van der Waals surface area contributed by atoms with Crippen LogP contribution in [0.2, 0.25) is 15.1 Å². The second-order valence-corrected chi connectivity index (χ2v) is 8.79. The highest BCUT2D eigenvalue weighted by Gasteiger charge is 2.14. The van der Waals surface area contributed by atoms with E-state index < -0.39 is 5.56 Å². The zero-order valence-electron chi connectivity index (χ0n) is 19.3. The van der Waals surface area contributed by atoms with Crippen molar-refractivity contribution in [3.05, 3.63) is 103 Å². The summed E-state index contributed by atoms with van der Waals surface area (Å²) in [5, 5.41) is 14.9. The minimum absolute atomic E-state index is 0.0574. The summed E-state index contributed by atoms with van der Waals surface area (Å²) in [5.74, 6) is 0.892. The summed E-state index contributed by atoms with van der Waals surface area (Å²) in [4.78, 5) is 19.2. The molecule has 0 saturated carbocycles. The lowest BCUT2D eigenvalue weighted by atomic mass is 10.1. The molecule has 0 bridgehead atoms. The Bertz CT molecular complexity index is 1570. The normalized spacial score (nSPS) is 10.8. The lowest BCUT2D eigenvalue weighted by molar-refractivity contribution is 0.284. The average Bonchev–Trinajstić information content (AvgIpc) is 2.89. The van der Waals surface area contributed by atoms with Gasteiger partial charge in [0.25, 0.3) is 5.56 Å². The molecular weight excluding hydrogens is 537 g/mol. The van der Waals surface area contributed by atoms with Crippen LogP contribution in [-0.2, 0) is 6.61 Å². The first-order valence-corrected chi connectivity index (χ1v) is 11.9. The number of nitrogens with zero attached hydrogens (tertiary/aromatic N) is 3. The predicted octanol–water partition coefficient (Wildman–Crippen LogP) is 6.30. The van der Waals surface area contributed by atoms with Crippen molar-refractivity contribution in [3.8, 4) is 28.8 Å². The van der Waals surface area contributed by atoms with Gasteiger partial charge in [0.15, 0.2) is 11.5 Å². The Labute approximate surface area is 227 Å². The van der Waals surface area contributed by atoms with E-state index in [4.69, 9.17) is 44.3 Å². The minimum Gasteiger partial charge on any atom is -0.493 e. The number of ether oxygens (including phenoxy) is 2. The molecule has 0 atom stereocenters. The van der Waals surface area contributed by atoms with Gasteiger partial charge in [-0.15, -0.1) is 0 Å². The van der Waals surface area contributed by atoms with Gasteiger partial charge in [-0.25, -0.2) is 10.4 Å². The van der Waals surface area contributed by atoms with Crippen LogP contribution in [-0.4, -0.2) is 23.3 Å². The van der Waals surface area contributed by atoms with Crippen LogP contribution < -0.4 is 20.5 Å². The second kappa shape index (κ2) is 11.8. The minimum atomic E-state index is -0.587. The number of hydrazone groups is 1. The van der Waals surface area contributed by atoms with Gasteiger partial charge < -0.3 is 9.47 Å². The maximum atomic E-state index is 12.4. The Balaban J connectivity index is 1.53. The standard InChI is InChI=1S/C26H18Cl3N5O3/c1-36-22-9-17(21(29)11-23(22)37-14-16-7-8-18(27)10-20(16)28)13-31-34-26-32-24(15-5-3-2-4-6-15)19(12-30)25(35)33-26/h2-11,13H,14H2,1H3,(H2,32,33,34,35). The fourth-order valence-corrected chi connectivity index (χ4v) is 3.98. The molecule has 186 valence electrons. The fourth-order valence-electron chi connectivity index (χ4n) is 3.31. The molecule has 2 N–H and O–H groups in total. The van der Waals surface area contributed by atoms with E-state index in [-0.39, 0.29) is 23.8 Å². The van der Waals surface area contributed by atoms with Gasteiger partial charge in [-0.1, -0.05) is 71.2 Å². The molecule has 1 heterocycles. The Hall–Kier alpha value is -4.03. The van der Waals surface area contributed by atoms with Crippen LogP contribution in [0.5, 0.6) is 11.5 Å². The van der Waals surface area contributed by atoms with Crippen molar-refractivity contribution in [2.45, 2.75) is 6.61 Å². The van der Waals surface area contributed by atoms with Crippen LogP contribution in [0.3, 0.4) is 0 Å². The van der Waals surface area contributed by atoms with Gasteiger partial charge in [0, 0.05) is 32.8 Å². The number of hydrogen-bond donors (Lipinski definition) is 2. The summed E-state index contributed by atoms with van der Waals surface area (Å²) in [7, 11) is 1.50. The fraction of sp³-hybridized carbons (Fsp3) is 0.0769. The summed E-state index contributed by atoms with van der Waals surface area (Å²) >= 11 is 18.6. The number of nitriles is 1. The lowest BCUT2D eigenvalue weighted by Gasteiger charge is -2.13. The number of benzene rings is 3. The summed E-state index contributed by atoms with van der Waals surface area (Å²) in [6.45, 7) is 0.180. The molecule has 4 aromatic rings. The van der Waals surface area contributed by atoms with Crippen LogP contribution in [0.25, 0.3) is 11.3 Å². The molecule has 0 spiro atoms. The van der Waals surface area contributed by atoms with Crippen molar-refractivity contribution in [2.75, 3.05) is 12.5 Å².